The smallest absolute Gasteiger partial charge is 0.254 e. The number of amides is 1. The summed E-state index contributed by atoms with van der Waals surface area (Å²) in [6, 6.07) is 22.8. The average Bonchev–Trinajstić information content (AvgIpc) is 2.75. The summed E-state index contributed by atoms with van der Waals surface area (Å²) in [5, 5.41) is 14.4. The third-order valence-electron chi connectivity index (χ3n) is 5.23. The van der Waals surface area contributed by atoms with Gasteiger partial charge in [-0.05, 0) is 53.5 Å². The van der Waals surface area contributed by atoms with Crippen LogP contribution in [-0.4, -0.2) is 28.7 Å². The normalized spacial score (nSPS) is 15.0. The predicted molar refractivity (Wildman–Crippen MR) is 121 cm³/mol. The lowest BCUT2D eigenvalue weighted by atomic mass is 9.99. The van der Waals surface area contributed by atoms with Gasteiger partial charge in [0.25, 0.3) is 5.91 Å². The maximum atomic E-state index is 13.3. The minimum atomic E-state index is -0.857. The summed E-state index contributed by atoms with van der Waals surface area (Å²) in [5.41, 5.74) is 5.27. The first kappa shape index (κ1) is 20.2. The van der Waals surface area contributed by atoms with E-state index in [4.69, 9.17) is 11.6 Å². The molecule has 30 heavy (non-hydrogen) atoms. The molecule has 0 saturated heterocycles. The number of aliphatic hydroxyl groups excluding tert-OH is 1. The third kappa shape index (κ3) is 4.40. The number of para-hydroxylation sites is 1. The summed E-state index contributed by atoms with van der Waals surface area (Å²) in [7, 11) is 0. The Hall–Kier alpha value is -3.08. The van der Waals surface area contributed by atoms with Gasteiger partial charge in [-0.25, -0.2) is 0 Å². The van der Waals surface area contributed by atoms with Crippen molar-refractivity contribution in [3.8, 4) is 0 Å². The van der Waals surface area contributed by atoms with Gasteiger partial charge in [0.1, 0.15) is 6.23 Å². The highest BCUT2D eigenvalue weighted by atomic mass is 35.5. The van der Waals surface area contributed by atoms with Crippen molar-refractivity contribution in [1.29, 1.82) is 0 Å². The van der Waals surface area contributed by atoms with Crippen LogP contribution in [0.15, 0.2) is 78.4 Å². The van der Waals surface area contributed by atoms with E-state index in [1.807, 2.05) is 61.5 Å². The van der Waals surface area contributed by atoms with Gasteiger partial charge in [-0.3, -0.25) is 4.79 Å². The molecule has 2 N–H and O–H groups in total. The number of rotatable bonds is 5. The lowest BCUT2D eigenvalue weighted by Gasteiger charge is -2.30. The molecule has 4 nitrogen and oxygen atoms in total. The van der Waals surface area contributed by atoms with Crippen LogP contribution in [0.3, 0.4) is 0 Å². The molecule has 0 radical (unpaired) electrons. The van der Waals surface area contributed by atoms with Crippen molar-refractivity contribution in [2.75, 3.05) is 11.9 Å². The van der Waals surface area contributed by atoms with Crippen LogP contribution in [0.1, 0.15) is 27.0 Å². The number of benzene rings is 3. The highest BCUT2D eigenvalue weighted by Crippen LogP contribution is 2.30. The van der Waals surface area contributed by atoms with Crippen LogP contribution in [0.5, 0.6) is 0 Å². The van der Waals surface area contributed by atoms with Crippen molar-refractivity contribution in [2.45, 2.75) is 19.7 Å². The minimum Gasteiger partial charge on any atom is -0.370 e. The van der Waals surface area contributed by atoms with Crippen LogP contribution >= 0.6 is 11.6 Å². The van der Waals surface area contributed by atoms with Crippen LogP contribution in [0.2, 0.25) is 5.02 Å². The van der Waals surface area contributed by atoms with E-state index >= 15 is 0 Å². The van der Waals surface area contributed by atoms with Crippen LogP contribution in [0.25, 0.3) is 6.08 Å². The maximum absolute atomic E-state index is 13.3. The van der Waals surface area contributed by atoms with E-state index in [0.717, 1.165) is 28.0 Å². The van der Waals surface area contributed by atoms with E-state index in [1.54, 1.807) is 29.2 Å². The Morgan fingerprint density at radius 1 is 1.03 bits per heavy atom. The van der Waals surface area contributed by atoms with Crippen molar-refractivity contribution in [1.82, 2.24) is 4.90 Å². The van der Waals surface area contributed by atoms with E-state index in [2.05, 4.69) is 5.32 Å². The molecule has 1 heterocycles. The van der Waals surface area contributed by atoms with Gasteiger partial charge >= 0.3 is 0 Å². The van der Waals surface area contributed by atoms with Crippen molar-refractivity contribution >= 4 is 29.3 Å². The Bertz CT molecular complexity index is 1100. The third-order valence-corrected chi connectivity index (χ3v) is 5.46. The molecule has 1 amide bonds. The molecule has 4 rings (SSSR count). The van der Waals surface area contributed by atoms with Gasteiger partial charge in [0.15, 0.2) is 0 Å². The van der Waals surface area contributed by atoms with Gasteiger partial charge in [0.2, 0.25) is 0 Å². The molecule has 5 heteroatoms. The van der Waals surface area contributed by atoms with E-state index in [9.17, 15) is 9.90 Å². The molecule has 0 fully saturated rings. The predicted octanol–water partition coefficient (Wildman–Crippen LogP) is 5.12. The molecule has 152 valence electrons. The van der Waals surface area contributed by atoms with Gasteiger partial charge in [-0.1, -0.05) is 66.2 Å². The minimum absolute atomic E-state index is 0.135. The number of nitrogens with one attached hydrogen (secondary N) is 1. The van der Waals surface area contributed by atoms with Gasteiger partial charge in [0, 0.05) is 29.4 Å². The lowest BCUT2D eigenvalue weighted by molar-refractivity contribution is 0.0749. The van der Waals surface area contributed by atoms with Gasteiger partial charge in [-0.15, -0.1) is 0 Å². The fourth-order valence-electron chi connectivity index (χ4n) is 3.68. The molecule has 1 atom stereocenters. The van der Waals surface area contributed by atoms with Crippen molar-refractivity contribution in [3.05, 3.63) is 106 Å². The summed E-state index contributed by atoms with van der Waals surface area (Å²) in [6.45, 7) is 2.72. The fourth-order valence-corrected chi connectivity index (χ4v) is 3.87. The molecular formula is C25H23ClN2O2. The van der Waals surface area contributed by atoms with Crippen molar-refractivity contribution in [2.24, 2.45) is 0 Å². The molecule has 0 spiro atoms. The first-order valence-electron chi connectivity index (χ1n) is 9.85. The molecule has 1 aliphatic heterocycles. The molecule has 0 aliphatic carbocycles. The summed E-state index contributed by atoms with van der Waals surface area (Å²) in [5.74, 6) is -0.135. The van der Waals surface area contributed by atoms with E-state index < -0.39 is 6.23 Å². The second kappa shape index (κ2) is 8.74. The highest BCUT2D eigenvalue weighted by Gasteiger charge is 2.24. The number of aryl methyl sites for hydroxylation is 1. The van der Waals surface area contributed by atoms with Gasteiger partial charge in [-0.2, -0.15) is 0 Å². The van der Waals surface area contributed by atoms with Gasteiger partial charge in [0.05, 0.1) is 0 Å². The average molecular weight is 419 g/mol. The zero-order chi connectivity index (χ0) is 21.1. The standard InChI is InChI=1S/C25H23ClN2O2/c1-17-7-5-10-19-13-21(24(29)27-23(17)19)16-28(15-18-8-3-2-4-9-18)25(30)20-11-6-12-22(26)14-20/h2-14,24,27,29H,15-16H2,1H3. The van der Waals surface area contributed by atoms with Crippen LogP contribution in [0.4, 0.5) is 5.69 Å². The molecule has 1 aliphatic rings. The maximum Gasteiger partial charge on any atom is 0.254 e. The van der Waals surface area contributed by atoms with Crippen molar-refractivity contribution < 1.29 is 9.90 Å². The molecule has 0 bridgehead atoms. The summed E-state index contributed by atoms with van der Waals surface area (Å²) in [6.07, 6.45) is 1.11. The number of carbonyl (C=O) groups excluding carboxylic acids is 1. The zero-order valence-electron chi connectivity index (χ0n) is 16.7. The second-order valence-corrected chi connectivity index (χ2v) is 7.90. The van der Waals surface area contributed by atoms with E-state index in [-0.39, 0.29) is 5.91 Å². The number of hydrogen-bond acceptors (Lipinski definition) is 3. The Morgan fingerprint density at radius 3 is 2.57 bits per heavy atom. The lowest BCUT2D eigenvalue weighted by Crippen LogP contribution is -2.37. The Labute approximate surface area is 181 Å². The SMILES string of the molecule is Cc1cccc2c1NC(O)C(CN(Cc1ccccc1)C(=O)c1cccc(Cl)c1)=C2. The van der Waals surface area contributed by atoms with Crippen LogP contribution in [-0.2, 0) is 6.54 Å². The van der Waals surface area contributed by atoms with E-state index in [0.29, 0.717) is 23.7 Å². The quantitative estimate of drug-likeness (QED) is 0.604. The van der Waals surface area contributed by atoms with Gasteiger partial charge < -0.3 is 15.3 Å². The number of nitrogens with zero attached hydrogens (tertiary/aromatic N) is 1. The van der Waals surface area contributed by atoms with Crippen LogP contribution in [0, 0.1) is 6.92 Å². The highest BCUT2D eigenvalue weighted by molar-refractivity contribution is 6.30. The van der Waals surface area contributed by atoms with E-state index in [1.165, 1.54) is 0 Å². The number of halogens is 1. The summed E-state index contributed by atoms with van der Waals surface area (Å²) in [4.78, 5) is 15.1. The summed E-state index contributed by atoms with van der Waals surface area (Å²) >= 11 is 6.11. The van der Waals surface area contributed by atoms with Crippen LogP contribution < -0.4 is 5.32 Å². The fraction of sp³-hybridized carbons (Fsp3) is 0.160. The molecule has 0 aromatic heterocycles. The summed E-state index contributed by atoms with van der Waals surface area (Å²) < 4.78 is 0. The number of aliphatic hydroxyl groups is 1. The number of anilines is 1. The Balaban J connectivity index is 1.66. The molecule has 1 unspecified atom stereocenters. The molecule has 0 saturated carbocycles. The second-order valence-electron chi connectivity index (χ2n) is 7.46. The molecule has 3 aromatic carbocycles. The molecular weight excluding hydrogens is 396 g/mol. The number of carbonyl (C=O) groups is 1. The largest absolute Gasteiger partial charge is 0.370 e. The topological polar surface area (TPSA) is 52.6 Å². The number of hydrogen-bond donors (Lipinski definition) is 2. The zero-order valence-corrected chi connectivity index (χ0v) is 17.4. The van der Waals surface area contributed by atoms with Crippen molar-refractivity contribution in [3.63, 3.8) is 0 Å². The molecule has 3 aromatic rings. The first-order valence-corrected chi connectivity index (χ1v) is 10.2. The monoisotopic (exact) mass is 418 g/mol. The Kier molecular flexibility index (Phi) is 5.88. The Morgan fingerprint density at radius 2 is 1.80 bits per heavy atom. The number of fused-ring (bicyclic) bond motifs is 1. The first-order chi connectivity index (χ1) is 14.5.